The normalized spacial score (nSPS) is 10.6. The number of rotatable bonds is 8. The second-order valence-corrected chi connectivity index (χ2v) is 6.28. The Kier molecular flexibility index (Phi) is 8.63. The fourth-order valence-corrected chi connectivity index (χ4v) is 1.72. The molecule has 0 atom stereocenters. The maximum Gasteiger partial charge on any atom is 0.338 e. The number of nitrogens with one attached hydrogen (secondary N) is 2. The van der Waals surface area contributed by atoms with Gasteiger partial charge in [0, 0.05) is 6.54 Å². The molecule has 1 rings (SSSR count). The number of ether oxygens (including phenoxy) is 2. The zero-order chi connectivity index (χ0) is 18.8. The Morgan fingerprint density at radius 1 is 1.04 bits per heavy atom. The monoisotopic (exact) mass is 350 g/mol. The second-order valence-electron chi connectivity index (χ2n) is 6.28. The topological polar surface area (TPSA) is 93.7 Å². The fourth-order valence-electron chi connectivity index (χ4n) is 1.72. The van der Waals surface area contributed by atoms with E-state index in [1.807, 2.05) is 27.7 Å². The number of carbonyl (C=O) groups excluding carboxylic acids is 3. The van der Waals surface area contributed by atoms with Gasteiger partial charge < -0.3 is 14.8 Å². The highest BCUT2D eigenvalue weighted by Gasteiger charge is 2.12. The lowest BCUT2D eigenvalue weighted by Crippen LogP contribution is -2.42. The number of esters is 1. The summed E-state index contributed by atoms with van der Waals surface area (Å²) in [6.07, 6.45) is 0.126. The molecule has 1 aromatic rings. The first-order chi connectivity index (χ1) is 11.8. The molecule has 25 heavy (non-hydrogen) atoms. The van der Waals surface area contributed by atoms with Crippen molar-refractivity contribution >= 4 is 17.9 Å². The zero-order valence-electron chi connectivity index (χ0n) is 15.1. The zero-order valence-corrected chi connectivity index (χ0v) is 15.1. The van der Waals surface area contributed by atoms with Gasteiger partial charge >= 0.3 is 12.0 Å². The number of benzene rings is 1. The summed E-state index contributed by atoms with van der Waals surface area (Å²) >= 11 is 0. The summed E-state index contributed by atoms with van der Waals surface area (Å²) in [5.74, 6) is -1.04. The van der Waals surface area contributed by atoms with Gasteiger partial charge in [-0.25, -0.2) is 9.59 Å². The van der Waals surface area contributed by atoms with Crippen molar-refractivity contribution in [3.63, 3.8) is 0 Å². The molecule has 0 heterocycles. The van der Waals surface area contributed by atoms with Crippen molar-refractivity contribution < 1.29 is 23.9 Å². The number of hydrogen-bond donors (Lipinski definition) is 2. The van der Waals surface area contributed by atoms with Crippen molar-refractivity contribution in [2.45, 2.75) is 40.4 Å². The number of hydrogen-bond acceptors (Lipinski definition) is 5. The number of urea groups is 1. The highest BCUT2D eigenvalue weighted by atomic mass is 16.5. The Morgan fingerprint density at radius 2 is 1.68 bits per heavy atom. The third-order valence-corrected chi connectivity index (χ3v) is 3.03. The van der Waals surface area contributed by atoms with Gasteiger partial charge in [0.2, 0.25) is 0 Å². The molecule has 138 valence electrons. The van der Waals surface area contributed by atoms with E-state index in [0.717, 1.165) is 5.56 Å². The van der Waals surface area contributed by atoms with Gasteiger partial charge in [-0.05, 0) is 37.5 Å². The van der Waals surface area contributed by atoms with E-state index < -0.39 is 24.5 Å². The highest BCUT2D eigenvalue weighted by Crippen LogP contribution is 2.08. The standard InChI is InChI=1S/C18H26N2O5/c1-12(2)9-19-18(23)20-16(21)11-25-17(22)15-7-5-14(6-8-15)10-24-13(3)4/h5-8,12-13H,9-11H2,1-4H3,(H2,19,20,21,23). The Balaban J connectivity index is 2.38. The summed E-state index contributed by atoms with van der Waals surface area (Å²) in [7, 11) is 0. The minimum absolute atomic E-state index is 0.126. The first-order valence-corrected chi connectivity index (χ1v) is 8.23. The lowest BCUT2D eigenvalue weighted by atomic mass is 10.1. The number of imide groups is 1. The van der Waals surface area contributed by atoms with Gasteiger partial charge in [0.25, 0.3) is 5.91 Å². The maximum atomic E-state index is 11.9. The van der Waals surface area contributed by atoms with Crippen LogP contribution in [0.3, 0.4) is 0 Å². The molecule has 0 spiro atoms. The van der Waals surface area contributed by atoms with E-state index in [-0.39, 0.29) is 12.0 Å². The molecule has 0 aliphatic rings. The average Bonchev–Trinajstić information content (AvgIpc) is 2.56. The Bertz CT molecular complexity index is 582. The predicted molar refractivity (Wildman–Crippen MR) is 93.0 cm³/mol. The maximum absolute atomic E-state index is 11.9. The molecular formula is C18H26N2O5. The summed E-state index contributed by atoms with van der Waals surface area (Å²) in [6, 6.07) is 6.13. The summed E-state index contributed by atoms with van der Waals surface area (Å²) in [5, 5.41) is 4.63. The van der Waals surface area contributed by atoms with Gasteiger partial charge in [0.15, 0.2) is 6.61 Å². The molecule has 0 saturated heterocycles. The quantitative estimate of drug-likeness (QED) is 0.701. The molecule has 0 fully saturated rings. The van der Waals surface area contributed by atoms with Gasteiger partial charge in [-0.1, -0.05) is 26.0 Å². The second kappa shape index (κ2) is 10.5. The third-order valence-electron chi connectivity index (χ3n) is 3.03. The first-order valence-electron chi connectivity index (χ1n) is 8.23. The van der Waals surface area contributed by atoms with Crippen molar-refractivity contribution in [3.05, 3.63) is 35.4 Å². The lowest BCUT2D eigenvalue weighted by molar-refractivity contribution is -0.123. The fraction of sp³-hybridized carbons (Fsp3) is 0.500. The van der Waals surface area contributed by atoms with Gasteiger partial charge in [0.1, 0.15) is 0 Å². The Morgan fingerprint density at radius 3 is 2.24 bits per heavy atom. The third kappa shape index (κ3) is 8.85. The Labute approximate surface area is 148 Å². The van der Waals surface area contributed by atoms with Gasteiger partial charge in [-0.15, -0.1) is 0 Å². The van der Waals surface area contributed by atoms with Gasteiger partial charge in [-0.3, -0.25) is 10.1 Å². The largest absolute Gasteiger partial charge is 0.452 e. The Hall–Kier alpha value is -2.41. The van der Waals surface area contributed by atoms with Crippen LogP contribution in [0.4, 0.5) is 4.79 Å². The van der Waals surface area contributed by atoms with Gasteiger partial charge in [-0.2, -0.15) is 0 Å². The molecule has 0 bridgehead atoms. The van der Waals surface area contributed by atoms with E-state index in [2.05, 4.69) is 10.6 Å². The van der Waals surface area contributed by atoms with Crippen molar-refractivity contribution in [2.75, 3.05) is 13.2 Å². The smallest absolute Gasteiger partial charge is 0.338 e. The number of amides is 3. The van der Waals surface area contributed by atoms with Crippen LogP contribution in [0.1, 0.15) is 43.6 Å². The van der Waals surface area contributed by atoms with E-state index in [4.69, 9.17) is 9.47 Å². The lowest BCUT2D eigenvalue weighted by Gasteiger charge is -2.09. The summed E-state index contributed by atoms with van der Waals surface area (Å²) in [5.41, 5.74) is 1.26. The van der Waals surface area contributed by atoms with Crippen LogP contribution in [0.5, 0.6) is 0 Å². The van der Waals surface area contributed by atoms with E-state index in [0.29, 0.717) is 18.7 Å². The molecule has 0 unspecified atom stereocenters. The minimum atomic E-state index is -0.684. The van der Waals surface area contributed by atoms with Crippen LogP contribution in [-0.2, 0) is 20.9 Å². The van der Waals surface area contributed by atoms with Crippen molar-refractivity contribution in [3.8, 4) is 0 Å². The molecule has 3 amide bonds. The molecular weight excluding hydrogens is 324 g/mol. The summed E-state index contributed by atoms with van der Waals surface area (Å²) < 4.78 is 10.4. The molecule has 0 radical (unpaired) electrons. The van der Waals surface area contributed by atoms with Crippen LogP contribution in [0.15, 0.2) is 24.3 Å². The van der Waals surface area contributed by atoms with Crippen molar-refractivity contribution in [2.24, 2.45) is 5.92 Å². The minimum Gasteiger partial charge on any atom is -0.452 e. The van der Waals surface area contributed by atoms with Crippen LogP contribution >= 0.6 is 0 Å². The van der Waals surface area contributed by atoms with Crippen LogP contribution in [0, 0.1) is 5.92 Å². The van der Waals surface area contributed by atoms with E-state index >= 15 is 0 Å². The van der Waals surface area contributed by atoms with Gasteiger partial charge in [0.05, 0.1) is 18.3 Å². The van der Waals surface area contributed by atoms with E-state index in [9.17, 15) is 14.4 Å². The summed E-state index contributed by atoms with van der Waals surface area (Å²) in [6.45, 7) is 8.15. The van der Waals surface area contributed by atoms with E-state index in [1.54, 1.807) is 24.3 Å². The van der Waals surface area contributed by atoms with Crippen molar-refractivity contribution in [1.82, 2.24) is 10.6 Å². The molecule has 2 N–H and O–H groups in total. The highest BCUT2D eigenvalue weighted by molar-refractivity contribution is 5.97. The molecule has 7 heteroatoms. The molecule has 0 saturated carbocycles. The molecule has 0 aliphatic heterocycles. The average molecular weight is 350 g/mol. The first kappa shape index (κ1) is 20.6. The van der Waals surface area contributed by atoms with Crippen LogP contribution in [0.25, 0.3) is 0 Å². The molecule has 0 aromatic heterocycles. The number of carbonyl (C=O) groups is 3. The molecule has 1 aromatic carbocycles. The molecule has 0 aliphatic carbocycles. The van der Waals surface area contributed by atoms with Crippen LogP contribution in [0.2, 0.25) is 0 Å². The van der Waals surface area contributed by atoms with E-state index in [1.165, 1.54) is 0 Å². The SMILES string of the molecule is CC(C)CNC(=O)NC(=O)COC(=O)c1ccc(COC(C)C)cc1. The predicted octanol–water partition coefficient (Wildman–Crippen LogP) is 2.25. The summed E-state index contributed by atoms with van der Waals surface area (Å²) in [4.78, 5) is 34.9. The molecule has 7 nitrogen and oxygen atoms in total. The van der Waals surface area contributed by atoms with Crippen molar-refractivity contribution in [1.29, 1.82) is 0 Å². The van der Waals surface area contributed by atoms with Crippen LogP contribution in [-0.4, -0.2) is 37.2 Å². The van der Waals surface area contributed by atoms with Crippen LogP contribution < -0.4 is 10.6 Å².